The van der Waals surface area contributed by atoms with Crippen LogP contribution in [0.15, 0.2) is 18.5 Å². The van der Waals surface area contributed by atoms with Crippen molar-refractivity contribution < 1.29 is 4.74 Å². The molecule has 0 spiro atoms. The minimum absolute atomic E-state index is 0.0659. The van der Waals surface area contributed by atoms with E-state index in [1.807, 2.05) is 23.7 Å². The first-order valence-electron chi connectivity index (χ1n) is 6.35. The lowest BCUT2D eigenvalue weighted by Crippen LogP contribution is -2.32. The second kappa shape index (κ2) is 4.24. The van der Waals surface area contributed by atoms with Crippen LogP contribution in [0.25, 0.3) is 5.52 Å². The van der Waals surface area contributed by atoms with Crippen LogP contribution in [-0.4, -0.2) is 33.4 Å². The quantitative estimate of drug-likeness (QED) is 0.900. The molecule has 1 aliphatic rings. The van der Waals surface area contributed by atoms with Gasteiger partial charge in [-0.05, 0) is 32.8 Å². The number of rotatable bonds is 3. The summed E-state index contributed by atoms with van der Waals surface area (Å²) in [4.78, 5) is 4.38. The molecule has 2 aromatic heterocycles. The van der Waals surface area contributed by atoms with Crippen LogP contribution in [-0.2, 0) is 4.74 Å². The van der Waals surface area contributed by atoms with Gasteiger partial charge in [-0.1, -0.05) is 0 Å². The maximum atomic E-state index is 5.77. The number of hydrogen-bond acceptors (Lipinski definition) is 4. The van der Waals surface area contributed by atoms with Gasteiger partial charge in [0.1, 0.15) is 5.52 Å². The Labute approximate surface area is 106 Å². The predicted molar refractivity (Wildman–Crippen MR) is 69.8 cm³/mol. The number of nitrogens with zero attached hydrogens (tertiary/aromatic N) is 3. The number of aryl methyl sites for hydroxylation is 1. The highest BCUT2D eigenvalue weighted by molar-refractivity contribution is 5.67. The van der Waals surface area contributed by atoms with Crippen molar-refractivity contribution in [1.82, 2.24) is 14.6 Å². The zero-order valence-corrected chi connectivity index (χ0v) is 10.8. The summed E-state index contributed by atoms with van der Waals surface area (Å²) in [5.41, 5.74) is 1.94. The SMILES string of the molecule is Cc1cc2c(NCC3(C)CCCO3)nccn2n1. The predicted octanol–water partition coefficient (Wildman–Crippen LogP) is 2.02. The Hall–Kier alpha value is -1.62. The number of aromatic nitrogens is 3. The van der Waals surface area contributed by atoms with E-state index in [9.17, 15) is 0 Å². The molecule has 0 aliphatic carbocycles. The molecule has 3 heterocycles. The van der Waals surface area contributed by atoms with Crippen molar-refractivity contribution in [2.45, 2.75) is 32.3 Å². The second-order valence-electron chi connectivity index (χ2n) is 5.15. The molecule has 2 aromatic rings. The van der Waals surface area contributed by atoms with Gasteiger partial charge in [0.15, 0.2) is 5.82 Å². The van der Waals surface area contributed by atoms with E-state index in [-0.39, 0.29) is 5.60 Å². The summed E-state index contributed by atoms with van der Waals surface area (Å²) in [6, 6.07) is 2.03. The van der Waals surface area contributed by atoms with Crippen molar-refractivity contribution >= 4 is 11.3 Å². The molecule has 0 amide bonds. The van der Waals surface area contributed by atoms with Crippen LogP contribution in [0, 0.1) is 6.92 Å². The van der Waals surface area contributed by atoms with Crippen LogP contribution in [0.3, 0.4) is 0 Å². The van der Waals surface area contributed by atoms with Gasteiger partial charge in [0, 0.05) is 25.5 Å². The van der Waals surface area contributed by atoms with Gasteiger partial charge < -0.3 is 10.1 Å². The molecule has 0 saturated carbocycles. The lowest BCUT2D eigenvalue weighted by atomic mass is 10.0. The van der Waals surface area contributed by atoms with Crippen LogP contribution < -0.4 is 5.32 Å². The minimum atomic E-state index is -0.0659. The van der Waals surface area contributed by atoms with E-state index in [0.29, 0.717) is 0 Å². The molecular formula is C13H18N4O. The van der Waals surface area contributed by atoms with Crippen molar-refractivity contribution in [1.29, 1.82) is 0 Å². The Morgan fingerprint density at radius 2 is 2.44 bits per heavy atom. The van der Waals surface area contributed by atoms with E-state index in [2.05, 4.69) is 22.3 Å². The second-order valence-corrected chi connectivity index (χ2v) is 5.15. The highest BCUT2D eigenvalue weighted by Crippen LogP contribution is 2.25. The lowest BCUT2D eigenvalue weighted by Gasteiger charge is -2.23. The largest absolute Gasteiger partial charge is 0.373 e. The lowest BCUT2D eigenvalue weighted by molar-refractivity contribution is 0.0315. The first kappa shape index (κ1) is 11.5. The molecule has 0 aromatic carbocycles. The van der Waals surface area contributed by atoms with Crippen molar-refractivity contribution in [3.05, 3.63) is 24.2 Å². The van der Waals surface area contributed by atoms with E-state index in [0.717, 1.165) is 43.0 Å². The summed E-state index contributed by atoms with van der Waals surface area (Å²) >= 11 is 0. The van der Waals surface area contributed by atoms with Crippen LogP contribution in [0.5, 0.6) is 0 Å². The third-order valence-electron chi connectivity index (χ3n) is 3.44. The first-order chi connectivity index (χ1) is 8.66. The number of ether oxygens (including phenoxy) is 1. The van der Waals surface area contributed by atoms with Crippen LogP contribution >= 0.6 is 0 Å². The molecule has 1 saturated heterocycles. The monoisotopic (exact) mass is 246 g/mol. The van der Waals surface area contributed by atoms with Crippen LogP contribution in [0.2, 0.25) is 0 Å². The molecule has 18 heavy (non-hydrogen) atoms. The van der Waals surface area contributed by atoms with E-state index < -0.39 is 0 Å². The van der Waals surface area contributed by atoms with Gasteiger partial charge in [0.2, 0.25) is 0 Å². The van der Waals surface area contributed by atoms with E-state index in [1.165, 1.54) is 0 Å². The molecule has 5 nitrogen and oxygen atoms in total. The smallest absolute Gasteiger partial charge is 0.152 e. The molecule has 96 valence electrons. The van der Waals surface area contributed by atoms with E-state index in [4.69, 9.17) is 4.74 Å². The maximum absolute atomic E-state index is 5.77. The molecule has 1 unspecified atom stereocenters. The summed E-state index contributed by atoms with van der Waals surface area (Å²) in [6.07, 6.45) is 5.86. The molecule has 0 radical (unpaired) electrons. The number of hydrogen-bond donors (Lipinski definition) is 1. The van der Waals surface area contributed by atoms with Crippen molar-refractivity contribution in [2.75, 3.05) is 18.5 Å². The fraction of sp³-hybridized carbons (Fsp3) is 0.538. The maximum Gasteiger partial charge on any atom is 0.152 e. The summed E-state index contributed by atoms with van der Waals surface area (Å²) in [5, 5.41) is 7.76. The van der Waals surface area contributed by atoms with E-state index in [1.54, 1.807) is 6.20 Å². The summed E-state index contributed by atoms with van der Waals surface area (Å²) in [7, 11) is 0. The summed E-state index contributed by atoms with van der Waals surface area (Å²) in [6.45, 7) is 5.78. The van der Waals surface area contributed by atoms with Gasteiger partial charge in [0.05, 0.1) is 11.3 Å². The van der Waals surface area contributed by atoms with Gasteiger partial charge in [-0.2, -0.15) is 5.10 Å². The highest BCUT2D eigenvalue weighted by atomic mass is 16.5. The van der Waals surface area contributed by atoms with Crippen molar-refractivity contribution in [3.63, 3.8) is 0 Å². The fourth-order valence-corrected chi connectivity index (χ4v) is 2.43. The molecule has 5 heteroatoms. The zero-order chi connectivity index (χ0) is 12.6. The minimum Gasteiger partial charge on any atom is -0.373 e. The Kier molecular flexibility index (Phi) is 2.70. The highest BCUT2D eigenvalue weighted by Gasteiger charge is 2.29. The molecule has 1 atom stereocenters. The molecule has 1 fully saturated rings. The van der Waals surface area contributed by atoms with Gasteiger partial charge in [-0.3, -0.25) is 0 Å². The molecule has 3 rings (SSSR count). The number of anilines is 1. The van der Waals surface area contributed by atoms with Crippen molar-refractivity contribution in [2.24, 2.45) is 0 Å². The van der Waals surface area contributed by atoms with Gasteiger partial charge in [-0.15, -0.1) is 0 Å². The normalized spacial score (nSPS) is 23.7. The molecule has 0 bridgehead atoms. The average molecular weight is 246 g/mol. The van der Waals surface area contributed by atoms with Gasteiger partial charge in [0.25, 0.3) is 0 Å². The third-order valence-corrected chi connectivity index (χ3v) is 3.44. The molecule has 1 N–H and O–H groups in total. The number of nitrogens with one attached hydrogen (secondary N) is 1. The topological polar surface area (TPSA) is 51.5 Å². The average Bonchev–Trinajstić information content (AvgIpc) is 2.92. The number of fused-ring (bicyclic) bond motifs is 1. The molecule has 1 aliphatic heterocycles. The van der Waals surface area contributed by atoms with Crippen molar-refractivity contribution in [3.8, 4) is 0 Å². The Balaban J connectivity index is 1.82. The van der Waals surface area contributed by atoms with Crippen LogP contribution in [0.1, 0.15) is 25.5 Å². The Bertz CT molecular complexity index is 557. The van der Waals surface area contributed by atoms with Crippen LogP contribution in [0.4, 0.5) is 5.82 Å². The van der Waals surface area contributed by atoms with Gasteiger partial charge >= 0.3 is 0 Å². The third kappa shape index (κ3) is 2.06. The van der Waals surface area contributed by atoms with Gasteiger partial charge in [-0.25, -0.2) is 9.50 Å². The Morgan fingerprint density at radius 1 is 1.56 bits per heavy atom. The standard InChI is InChI=1S/C13H18N4O/c1-10-8-11-12(14-5-6-17(11)16-10)15-9-13(2)4-3-7-18-13/h5-6,8H,3-4,7,9H2,1-2H3,(H,14,15). The zero-order valence-electron chi connectivity index (χ0n) is 10.8. The fourth-order valence-electron chi connectivity index (χ4n) is 2.43. The van der Waals surface area contributed by atoms with E-state index >= 15 is 0 Å². The first-order valence-corrected chi connectivity index (χ1v) is 6.35. The summed E-state index contributed by atoms with van der Waals surface area (Å²) < 4.78 is 7.62. The summed E-state index contributed by atoms with van der Waals surface area (Å²) in [5.74, 6) is 0.870. The Morgan fingerprint density at radius 3 is 3.22 bits per heavy atom. The molecular weight excluding hydrogens is 228 g/mol.